The van der Waals surface area contributed by atoms with Crippen LogP contribution in [0.3, 0.4) is 0 Å². The molecule has 0 spiro atoms. The highest BCUT2D eigenvalue weighted by Gasteiger charge is 2.04. The maximum absolute atomic E-state index is 11.5. The summed E-state index contributed by atoms with van der Waals surface area (Å²) in [7, 11) is 0. The largest absolute Gasteiger partial charge is 0.465 e. The summed E-state index contributed by atoms with van der Waals surface area (Å²) in [4.78, 5) is 12.6. The van der Waals surface area contributed by atoms with Gasteiger partial charge in [0.1, 0.15) is 0 Å². The van der Waals surface area contributed by atoms with Gasteiger partial charge in [-0.25, -0.2) is 0 Å². The fourth-order valence-corrected chi connectivity index (χ4v) is 2.51. The number of carbonyl (C=O) groups is 1. The quantitative estimate of drug-likeness (QED) is 0.447. The Kier molecular flexibility index (Phi) is 5.28. The predicted octanol–water partition coefficient (Wildman–Crippen LogP) is 4.28. The Hall–Kier alpha value is -1.48. The average Bonchev–Trinajstić information content (AvgIpc) is 2.45. The topological polar surface area (TPSA) is 26.3 Å². The van der Waals surface area contributed by atoms with Crippen LogP contribution in [0.5, 0.6) is 0 Å². The van der Waals surface area contributed by atoms with E-state index in [9.17, 15) is 4.79 Å². The lowest BCUT2D eigenvalue weighted by atomic mass is 10.1. The first-order chi connectivity index (χ1) is 9.29. The van der Waals surface area contributed by atoms with Gasteiger partial charge in [0.05, 0.1) is 12.4 Å². The molecule has 2 aromatic rings. The van der Waals surface area contributed by atoms with Crippen LogP contribution in [0, 0.1) is 0 Å². The lowest BCUT2D eigenvalue weighted by Crippen LogP contribution is -2.08. The maximum atomic E-state index is 11.5. The monoisotopic (exact) mass is 274 g/mol. The fraction of sp³-hybridized carbons (Fsp3) is 0.312. The lowest BCUT2D eigenvalue weighted by molar-refractivity contribution is -0.140. The van der Waals surface area contributed by atoms with Crippen molar-refractivity contribution in [1.82, 2.24) is 0 Å². The molecule has 0 amide bonds. The molecule has 0 N–H and O–H groups in total. The Labute approximate surface area is 118 Å². The molecule has 0 aliphatic carbocycles. The molecule has 2 aromatic carbocycles. The van der Waals surface area contributed by atoms with Crippen LogP contribution in [0.2, 0.25) is 0 Å². The number of hydrogen-bond donors (Lipinski definition) is 0. The molecule has 0 heterocycles. The molecule has 19 heavy (non-hydrogen) atoms. The first kappa shape index (κ1) is 13.9. The number of hydrogen-bond acceptors (Lipinski definition) is 3. The number of esters is 1. The van der Waals surface area contributed by atoms with Gasteiger partial charge >= 0.3 is 5.97 Å². The molecule has 0 radical (unpaired) electrons. The van der Waals surface area contributed by atoms with Gasteiger partial charge in [-0.15, -0.1) is 11.8 Å². The van der Waals surface area contributed by atoms with E-state index in [1.54, 1.807) is 0 Å². The van der Waals surface area contributed by atoms with Crippen molar-refractivity contribution in [2.75, 3.05) is 12.4 Å². The second-order valence-electron chi connectivity index (χ2n) is 4.37. The molecule has 0 aromatic heterocycles. The van der Waals surface area contributed by atoms with E-state index in [2.05, 4.69) is 31.2 Å². The second-order valence-corrected chi connectivity index (χ2v) is 5.42. The molecule has 0 saturated heterocycles. The number of rotatable bonds is 6. The van der Waals surface area contributed by atoms with Crippen molar-refractivity contribution in [1.29, 1.82) is 0 Å². The number of unbranched alkanes of at least 4 members (excludes halogenated alkanes) is 1. The maximum Gasteiger partial charge on any atom is 0.316 e. The van der Waals surface area contributed by atoms with Gasteiger partial charge in [0, 0.05) is 4.90 Å². The van der Waals surface area contributed by atoms with E-state index < -0.39 is 0 Å². The molecular formula is C16H18O2S. The van der Waals surface area contributed by atoms with Crippen LogP contribution in [-0.2, 0) is 9.53 Å². The van der Waals surface area contributed by atoms with Crippen LogP contribution in [0.4, 0.5) is 0 Å². The zero-order valence-corrected chi connectivity index (χ0v) is 11.9. The van der Waals surface area contributed by atoms with Crippen LogP contribution in [0.25, 0.3) is 10.8 Å². The summed E-state index contributed by atoms with van der Waals surface area (Å²) < 4.78 is 5.13. The number of carbonyl (C=O) groups excluding carboxylic acids is 1. The Morgan fingerprint density at radius 2 is 1.95 bits per heavy atom. The minimum atomic E-state index is -0.133. The van der Waals surface area contributed by atoms with E-state index in [4.69, 9.17) is 4.74 Å². The van der Waals surface area contributed by atoms with Crippen molar-refractivity contribution in [3.63, 3.8) is 0 Å². The molecule has 0 bridgehead atoms. The van der Waals surface area contributed by atoms with Gasteiger partial charge in [-0.2, -0.15) is 0 Å². The van der Waals surface area contributed by atoms with Crippen LogP contribution in [-0.4, -0.2) is 18.3 Å². The fourth-order valence-electron chi connectivity index (χ4n) is 1.77. The molecule has 0 aliphatic rings. The number of thioether (sulfide) groups is 1. The summed E-state index contributed by atoms with van der Waals surface area (Å²) >= 11 is 1.53. The molecule has 0 unspecified atom stereocenters. The summed E-state index contributed by atoms with van der Waals surface area (Å²) in [6, 6.07) is 14.5. The lowest BCUT2D eigenvalue weighted by Gasteiger charge is -2.05. The summed E-state index contributed by atoms with van der Waals surface area (Å²) in [6.07, 6.45) is 1.98. The third-order valence-electron chi connectivity index (χ3n) is 2.84. The van der Waals surface area contributed by atoms with Crippen molar-refractivity contribution < 1.29 is 9.53 Å². The third kappa shape index (κ3) is 4.28. The molecule has 3 heteroatoms. The zero-order valence-electron chi connectivity index (χ0n) is 11.1. The Morgan fingerprint density at radius 1 is 1.16 bits per heavy atom. The van der Waals surface area contributed by atoms with Crippen LogP contribution < -0.4 is 0 Å². The predicted molar refractivity (Wildman–Crippen MR) is 80.5 cm³/mol. The van der Waals surface area contributed by atoms with E-state index in [-0.39, 0.29) is 5.97 Å². The van der Waals surface area contributed by atoms with Crippen molar-refractivity contribution in [3.8, 4) is 0 Å². The Morgan fingerprint density at radius 3 is 2.74 bits per heavy atom. The molecule has 100 valence electrons. The minimum absolute atomic E-state index is 0.133. The Bertz CT molecular complexity index is 551. The van der Waals surface area contributed by atoms with Gasteiger partial charge in [0.25, 0.3) is 0 Å². The highest BCUT2D eigenvalue weighted by molar-refractivity contribution is 8.00. The van der Waals surface area contributed by atoms with Crippen molar-refractivity contribution >= 4 is 28.5 Å². The van der Waals surface area contributed by atoms with E-state index >= 15 is 0 Å². The number of benzene rings is 2. The van der Waals surface area contributed by atoms with Crippen molar-refractivity contribution in [3.05, 3.63) is 42.5 Å². The Balaban J connectivity index is 1.89. The number of fused-ring (bicyclic) bond motifs is 1. The van der Waals surface area contributed by atoms with Crippen LogP contribution >= 0.6 is 11.8 Å². The van der Waals surface area contributed by atoms with Gasteiger partial charge in [-0.05, 0) is 29.3 Å². The summed E-state index contributed by atoms with van der Waals surface area (Å²) in [5, 5.41) is 2.42. The minimum Gasteiger partial charge on any atom is -0.465 e. The first-order valence-corrected chi connectivity index (χ1v) is 7.55. The summed E-state index contributed by atoms with van der Waals surface area (Å²) in [6.45, 7) is 2.62. The highest BCUT2D eigenvalue weighted by atomic mass is 32.2. The summed E-state index contributed by atoms with van der Waals surface area (Å²) in [5.41, 5.74) is 0. The van der Waals surface area contributed by atoms with Crippen molar-refractivity contribution in [2.45, 2.75) is 24.7 Å². The zero-order chi connectivity index (χ0) is 13.5. The average molecular weight is 274 g/mol. The van der Waals surface area contributed by atoms with E-state index in [0.717, 1.165) is 17.7 Å². The van der Waals surface area contributed by atoms with E-state index in [1.165, 1.54) is 22.5 Å². The normalized spacial score (nSPS) is 10.6. The van der Waals surface area contributed by atoms with Gasteiger partial charge < -0.3 is 4.74 Å². The standard InChI is InChI=1S/C16H18O2S/c1-2-3-10-18-16(17)12-19-15-9-8-13-6-4-5-7-14(13)11-15/h4-9,11H,2-3,10,12H2,1H3. The van der Waals surface area contributed by atoms with E-state index in [0.29, 0.717) is 12.4 Å². The van der Waals surface area contributed by atoms with Crippen molar-refractivity contribution in [2.24, 2.45) is 0 Å². The van der Waals surface area contributed by atoms with Gasteiger partial charge in [-0.3, -0.25) is 4.79 Å². The number of ether oxygens (including phenoxy) is 1. The van der Waals surface area contributed by atoms with Gasteiger partial charge in [0.15, 0.2) is 0 Å². The first-order valence-electron chi connectivity index (χ1n) is 6.57. The van der Waals surface area contributed by atoms with Crippen LogP contribution in [0.15, 0.2) is 47.4 Å². The highest BCUT2D eigenvalue weighted by Crippen LogP contribution is 2.23. The third-order valence-corrected chi connectivity index (χ3v) is 3.81. The second kappa shape index (κ2) is 7.19. The molecule has 0 atom stereocenters. The summed E-state index contributed by atoms with van der Waals surface area (Å²) in [5.74, 6) is 0.244. The van der Waals surface area contributed by atoms with E-state index in [1.807, 2.05) is 18.2 Å². The van der Waals surface area contributed by atoms with Gasteiger partial charge in [0.2, 0.25) is 0 Å². The SMILES string of the molecule is CCCCOC(=O)CSc1ccc2ccccc2c1. The smallest absolute Gasteiger partial charge is 0.316 e. The molecular weight excluding hydrogens is 256 g/mol. The van der Waals surface area contributed by atoms with Gasteiger partial charge in [-0.1, -0.05) is 43.7 Å². The van der Waals surface area contributed by atoms with Crippen LogP contribution in [0.1, 0.15) is 19.8 Å². The molecule has 0 saturated carbocycles. The molecule has 2 nitrogen and oxygen atoms in total. The molecule has 0 fully saturated rings. The molecule has 2 rings (SSSR count). The molecule has 0 aliphatic heterocycles.